The second-order valence-corrected chi connectivity index (χ2v) is 5.06. The quantitative estimate of drug-likeness (QED) is 0.739. The number of fused-ring (bicyclic) bond motifs is 2. The van der Waals surface area contributed by atoms with Crippen LogP contribution in [0.1, 0.15) is 11.3 Å². The van der Waals surface area contributed by atoms with Crippen molar-refractivity contribution in [2.75, 3.05) is 19.5 Å². The smallest absolute Gasteiger partial charge is 0.323 e. The first-order chi connectivity index (χ1) is 11.0. The van der Waals surface area contributed by atoms with Gasteiger partial charge < -0.3 is 19.9 Å². The molecule has 0 bridgehead atoms. The molecule has 8 nitrogen and oxygen atoms in total. The van der Waals surface area contributed by atoms with Crippen LogP contribution in [0.4, 0.5) is 11.4 Å². The Bertz CT molecular complexity index is 844. The summed E-state index contributed by atoms with van der Waals surface area (Å²) in [6.07, 6.45) is 1.70. The van der Waals surface area contributed by atoms with E-state index in [0.717, 1.165) is 10.1 Å². The molecule has 0 unspecified atom stereocenters. The number of nitrogens with zero attached hydrogens (tertiary/aromatic N) is 2. The van der Waals surface area contributed by atoms with Crippen LogP contribution < -0.4 is 20.3 Å². The number of anilines is 2. The summed E-state index contributed by atoms with van der Waals surface area (Å²) in [6.45, 7) is -0.431. The number of nitrogens with one attached hydrogen (secondary N) is 1. The standard InChI is InChI=1S/C15H15N3O5/c1-22-11-4-8-3-10-14(17-9(8)5-12(11)23-2)15(21)18(7-16-10)6-13(19)20/h4-5,7,17H,3,6H2,1-2H3,(H,19,20). The second-order valence-electron chi connectivity index (χ2n) is 5.06. The van der Waals surface area contributed by atoms with Crippen molar-refractivity contribution in [3.63, 3.8) is 0 Å². The Morgan fingerprint density at radius 3 is 2.70 bits per heavy atom. The number of ether oxygens (including phenoxy) is 2. The van der Waals surface area contributed by atoms with Gasteiger partial charge in [0.2, 0.25) is 0 Å². The Labute approximate surface area is 131 Å². The third-order valence-electron chi connectivity index (χ3n) is 3.65. The maximum absolute atomic E-state index is 12.4. The summed E-state index contributed by atoms with van der Waals surface area (Å²) < 4.78 is 11.6. The van der Waals surface area contributed by atoms with E-state index in [9.17, 15) is 9.59 Å². The molecule has 0 atom stereocenters. The Balaban J connectivity index is 2.05. The Morgan fingerprint density at radius 2 is 2.04 bits per heavy atom. The molecule has 8 heteroatoms. The highest BCUT2D eigenvalue weighted by molar-refractivity contribution is 5.73. The van der Waals surface area contributed by atoms with Crippen LogP contribution in [0.3, 0.4) is 0 Å². The molecule has 1 aromatic carbocycles. The first-order valence-corrected chi connectivity index (χ1v) is 6.85. The van der Waals surface area contributed by atoms with E-state index in [1.165, 1.54) is 13.4 Å². The minimum atomic E-state index is -1.10. The van der Waals surface area contributed by atoms with Gasteiger partial charge in [0.1, 0.15) is 12.2 Å². The average molecular weight is 317 g/mol. The predicted octanol–water partition coefficient (Wildman–Crippen LogP) is 0.993. The van der Waals surface area contributed by atoms with E-state index in [2.05, 4.69) is 10.3 Å². The molecule has 2 N–H and O–H groups in total. The number of aliphatic carboxylic acids is 1. The lowest BCUT2D eigenvalue weighted by Gasteiger charge is -2.22. The fourth-order valence-electron chi connectivity index (χ4n) is 2.54. The number of aromatic nitrogens is 2. The molecule has 0 amide bonds. The number of methoxy groups -OCH3 is 2. The maximum Gasteiger partial charge on any atom is 0.323 e. The minimum absolute atomic E-state index is 0.286. The van der Waals surface area contributed by atoms with E-state index in [1.807, 2.05) is 6.07 Å². The van der Waals surface area contributed by atoms with E-state index < -0.39 is 18.1 Å². The van der Waals surface area contributed by atoms with Crippen molar-refractivity contribution in [1.82, 2.24) is 9.55 Å². The van der Waals surface area contributed by atoms with Crippen molar-refractivity contribution in [3.05, 3.63) is 40.1 Å². The van der Waals surface area contributed by atoms with Crippen molar-refractivity contribution >= 4 is 17.3 Å². The van der Waals surface area contributed by atoms with Crippen LogP contribution in [-0.4, -0.2) is 34.8 Å². The number of carboxylic acid groups (broad SMARTS) is 1. The summed E-state index contributed by atoms with van der Waals surface area (Å²) in [7, 11) is 3.08. The number of hydrogen-bond acceptors (Lipinski definition) is 6. The summed E-state index contributed by atoms with van der Waals surface area (Å²) in [6, 6.07) is 3.57. The van der Waals surface area contributed by atoms with Crippen LogP contribution in [0, 0.1) is 0 Å². The minimum Gasteiger partial charge on any atom is -0.493 e. The maximum atomic E-state index is 12.4. The molecule has 0 saturated heterocycles. The van der Waals surface area contributed by atoms with Gasteiger partial charge in [0.15, 0.2) is 11.5 Å². The number of benzene rings is 1. The molecule has 0 radical (unpaired) electrons. The lowest BCUT2D eigenvalue weighted by molar-refractivity contribution is -0.137. The lowest BCUT2D eigenvalue weighted by Crippen LogP contribution is -2.29. The van der Waals surface area contributed by atoms with E-state index in [4.69, 9.17) is 14.6 Å². The third-order valence-corrected chi connectivity index (χ3v) is 3.65. The SMILES string of the molecule is COc1cc2c(cc1OC)Nc1c(ncn(CC(=O)O)c1=O)C2. The first-order valence-electron chi connectivity index (χ1n) is 6.85. The van der Waals surface area contributed by atoms with Crippen molar-refractivity contribution in [2.45, 2.75) is 13.0 Å². The number of carbonyl (C=O) groups is 1. The molecule has 0 aliphatic carbocycles. The molecule has 3 rings (SSSR count). The van der Waals surface area contributed by atoms with Crippen LogP contribution in [0.25, 0.3) is 0 Å². The zero-order valence-corrected chi connectivity index (χ0v) is 12.6. The molecule has 0 spiro atoms. The highest BCUT2D eigenvalue weighted by Crippen LogP contribution is 2.38. The van der Waals surface area contributed by atoms with Crippen LogP contribution >= 0.6 is 0 Å². The van der Waals surface area contributed by atoms with Crippen LogP contribution in [0.5, 0.6) is 11.5 Å². The first kappa shape index (κ1) is 14.9. The molecule has 1 aliphatic rings. The predicted molar refractivity (Wildman–Crippen MR) is 81.8 cm³/mol. The number of carboxylic acids is 1. The topological polar surface area (TPSA) is 103 Å². The fourth-order valence-corrected chi connectivity index (χ4v) is 2.54. The van der Waals surface area contributed by atoms with Crippen LogP contribution in [0.15, 0.2) is 23.3 Å². The van der Waals surface area contributed by atoms with Crippen molar-refractivity contribution in [2.24, 2.45) is 0 Å². The van der Waals surface area contributed by atoms with E-state index in [-0.39, 0.29) is 5.69 Å². The molecule has 23 heavy (non-hydrogen) atoms. The lowest BCUT2D eigenvalue weighted by atomic mass is 10.0. The normalized spacial score (nSPS) is 11.9. The van der Waals surface area contributed by atoms with Gasteiger partial charge in [-0.2, -0.15) is 0 Å². The highest BCUT2D eigenvalue weighted by atomic mass is 16.5. The van der Waals surface area contributed by atoms with E-state index in [0.29, 0.717) is 29.3 Å². The summed E-state index contributed by atoms with van der Waals surface area (Å²) in [4.78, 5) is 27.4. The monoisotopic (exact) mass is 317 g/mol. The van der Waals surface area contributed by atoms with Crippen molar-refractivity contribution in [3.8, 4) is 11.5 Å². The second kappa shape index (κ2) is 5.64. The molecule has 0 saturated carbocycles. The van der Waals surface area contributed by atoms with E-state index >= 15 is 0 Å². The van der Waals surface area contributed by atoms with Gasteiger partial charge in [-0.25, -0.2) is 4.98 Å². The van der Waals surface area contributed by atoms with Crippen LogP contribution in [0.2, 0.25) is 0 Å². The van der Waals surface area contributed by atoms with Gasteiger partial charge in [-0.1, -0.05) is 0 Å². The van der Waals surface area contributed by atoms with Gasteiger partial charge in [-0.3, -0.25) is 14.2 Å². The zero-order valence-electron chi connectivity index (χ0n) is 12.6. The number of rotatable bonds is 4. The molecular weight excluding hydrogens is 302 g/mol. The highest BCUT2D eigenvalue weighted by Gasteiger charge is 2.22. The van der Waals surface area contributed by atoms with Gasteiger partial charge in [0.25, 0.3) is 5.56 Å². The summed E-state index contributed by atoms with van der Waals surface area (Å²) >= 11 is 0. The molecule has 2 heterocycles. The molecule has 1 aliphatic heterocycles. The Hall–Kier alpha value is -3.03. The molecule has 1 aromatic heterocycles. The zero-order chi connectivity index (χ0) is 16.6. The van der Waals surface area contributed by atoms with Gasteiger partial charge in [-0.05, 0) is 11.6 Å². The van der Waals surface area contributed by atoms with Crippen LogP contribution in [-0.2, 0) is 17.8 Å². The van der Waals surface area contributed by atoms with E-state index in [1.54, 1.807) is 13.2 Å². The fraction of sp³-hybridized carbons (Fsp3) is 0.267. The summed E-state index contributed by atoms with van der Waals surface area (Å²) in [5.74, 6) is 0.0316. The molecule has 0 fully saturated rings. The largest absolute Gasteiger partial charge is 0.493 e. The van der Waals surface area contributed by atoms with Gasteiger partial charge in [-0.15, -0.1) is 0 Å². The van der Waals surface area contributed by atoms with Gasteiger partial charge in [0.05, 0.1) is 26.2 Å². The molecule has 120 valence electrons. The van der Waals surface area contributed by atoms with Gasteiger partial charge in [0, 0.05) is 18.2 Å². The summed E-state index contributed by atoms with van der Waals surface area (Å²) in [5, 5.41) is 11.9. The third kappa shape index (κ3) is 2.59. The van der Waals surface area contributed by atoms with Gasteiger partial charge >= 0.3 is 5.97 Å². The molecular formula is C15H15N3O5. The van der Waals surface area contributed by atoms with Crippen molar-refractivity contribution < 1.29 is 19.4 Å². The summed E-state index contributed by atoms with van der Waals surface area (Å²) in [5.41, 5.74) is 2.06. The van der Waals surface area contributed by atoms with Crippen molar-refractivity contribution in [1.29, 1.82) is 0 Å². The Kier molecular flexibility index (Phi) is 3.65. The molecule has 2 aromatic rings. The average Bonchev–Trinajstić information content (AvgIpc) is 2.54. The number of hydrogen-bond donors (Lipinski definition) is 2. The Morgan fingerprint density at radius 1 is 1.35 bits per heavy atom.